The second-order valence-electron chi connectivity index (χ2n) is 8.62. The van der Waals surface area contributed by atoms with E-state index in [0.717, 1.165) is 38.4 Å². The first-order valence-corrected chi connectivity index (χ1v) is 12.3. The SMILES string of the molecule is CCC(=O)c1cc(/C=C/c2cnc(Nc3ccc(N4CCN(CC)CC4)cc3)nc2)c(F)c(OC)c1. The van der Waals surface area contributed by atoms with Crippen molar-refractivity contribution in [3.8, 4) is 5.75 Å². The Hall–Kier alpha value is -3.78. The lowest BCUT2D eigenvalue weighted by Gasteiger charge is -2.35. The standard InChI is InChI=1S/C28H32FN5O2/c1-4-25(35)22-16-21(27(29)26(17-22)36-3)7-6-20-18-30-28(31-19-20)32-23-8-10-24(11-9-23)34-14-12-33(5-2)13-15-34/h6-11,16-19H,4-5,12-15H2,1-3H3,(H,30,31,32)/b7-6+. The number of piperazine rings is 1. The van der Waals surface area contributed by atoms with Crippen LogP contribution >= 0.6 is 0 Å². The molecule has 0 atom stereocenters. The number of aromatic nitrogens is 2. The van der Waals surface area contributed by atoms with Gasteiger partial charge in [0.1, 0.15) is 0 Å². The largest absolute Gasteiger partial charge is 0.494 e. The number of benzene rings is 2. The molecule has 0 spiro atoms. The molecule has 1 aliphatic rings. The van der Waals surface area contributed by atoms with Crippen molar-refractivity contribution in [2.24, 2.45) is 0 Å². The number of nitrogens with one attached hydrogen (secondary N) is 1. The quantitative estimate of drug-likeness (QED) is 0.411. The van der Waals surface area contributed by atoms with Gasteiger partial charge in [0, 0.05) is 73.1 Å². The van der Waals surface area contributed by atoms with Crippen LogP contribution in [0.4, 0.5) is 21.7 Å². The number of Topliss-reactive ketones (excluding diaryl/α,β-unsaturated/α-hetero) is 1. The first-order chi connectivity index (χ1) is 17.5. The molecule has 0 amide bonds. The number of ether oxygens (including phenoxy) is 1. The van der Waals surface area contributed by atoms with E-state index in [0.29, 0.717) is 23.5 Å². The molecule has 0 radical (unpaired) electrons. The summed E-state index contributed by atoms with van der Waals surface area (Å²) in [5, 5.41) is 3.21. The first kappa shape index (κ1) is 25.3. The maximum Gasteiger partial charge on any atom is 0.227 e. The van der Waals surface area contributed by atoms with Crippen LogP contribution in [0.5, 0.6) is 5.75 Å². The molecule has 2 aromatic carbocycles. The van der Waals surface area contributed by atoms with Gasteiger partial charge in [-0.3, -0.25) is 4.79 Å². The van der Waals surface area contributed by atoms with Gasteiger partial charge in [-0.05, 0) is 42.9 Å². The number of halogens is 1. The number of methoxy groups -OCH3 is 1. The number of anilines is 3. The van der Waals surface area contributed by atoms with Crippen molar-refractivity contribution in [2.75, 3.05) is 50.1 Å². The van der Waals surface area contributed by atoms with E-state index in [9.17, 15) is 9.18 Å². The Kier molecular flexibility index (Phi) is 8.28. The summed E-state index contributed by atoms with van der Waals surface area (Å²) in [6.07, 6.45) is 6.94. The lowest BCUT2D eigenvalue weighted by Crippen LogP contribution is -2.46. The molecule has 1 aromatic heterocycles. The van der Waals surface area contributed by atoms with Gasteiger partial charge in [-0.1, -0.05) is 26.0 Å². The van der Waals surface area contributed by atoms with Gasteiger partial charge >= 0.3 is 0 Å². The normalized spacial score (nSPS) is 14.3. The zero-order valence-electron chi connectivity index (χ0n) is 21.0. The van der Waals surface area contributed by atoms with Crippen LogP contribution in [0.25, 0.3) is 12.2 Å². The molecule has 7 nitrogen and oxygen atoms in total. The third-order valence-electron chi connectivity index (χ3n) is 6.37. The third kappa shape index (κ3) is 6.07. The summed E-state index contributed by atoms with van der Waals surface area (Å²) >= 11 is 0. The average molecular weight is 490 g/mol. The molecule has 3 aromatic rings. The summed E-state index contributed by atoms with van der Waals surface area (Å²) in [4.78, 5) is 25.7. The van der Waals surface area contributed by atoms with Gasteiger partial charge in [-0.25, -0.2) is 14.4 Å². The molecule has 0 bridgehead atoms. The topological polar surface area (TPSA) is 70.6 Å². The average Bonchev–Trinajstić information content (AvgIpc) is 2.93. The van der Waals surface area contributed by atoms with Gasteiger partial charge in [0.25, 0.3) is 0 Å². The highest BCUT2D eigenvalue weighted by Gasteiger charge is 2.16. The van der Waals surface area contributed by atoms with E-state index >= 15 is 0 Å². The number of likely N-dealkylation sites (N-methyl/N-ethyl adjacent to an activating group) is 1. The van der Waals surface area contributed by atoms with Crippen LogP contribution < -0.4 is 15.0 Å². The summed E-state index contributed by atoms with van der Waals surface area (Å²) in [6, 6.07) is 11.2. The molecule has 0 aliphatic carbocycles. The van der Waals surface area contributed by atoms with Crippen LogP contribution in [0.2, 0.25) is 0 Å². The number of hydrogen-bond acceptors (Lipinski definition) is 7. The minimum absolute atomic E-state index is 0.0407. The minimum atomic E-state index is -0.517. The van der Waals surface area contributed by atoms with Crippen LogP contribution in [0.15, 0.2) is 48.8 Å². The van der Waals surface area contributed by atoms with Crippen molar-refractivity contribution >= 4 is 35.3 Å². The van der Waals surface area contributed by atoms with Crippen molar-refractivity contribution in [3.63, 3.8) is 0 Å². The Morgan fingerprint density at radius 2 is 1.75 bits per heavy atom. The molecule has 1 aliphatic heterocycles. The van der Waals surface area contributed by atoms with Crippen LogP contribution in [0, 0.1) is 5.82 Å². The van der Waals surface area contributed by atoms with E-state index in [2.05, 4.69) is 44.1 Å². The van der Waals surface area contributed by atoms with E-state index < -0.39 is 5.82 Å². The lowest BCUT2D eigenvalue weighted by atomic mass is 10.0. The molecule has 36 heavy (non-hydrogen) atoms. The second-order valence-corrected chi connectivity index (χ2v) is 8.62. The summed E-state index contributed by atoms with van der Waals surface area (Å²) in [5.74, 6) is -0.0797. The fourth-order valence-corrected chi connectivity index (χ4v) is 4.14. The van der Waals surface area contributed by atoms with Crippen molar-refractivity contribution < 1.29 is 13.9 Å². The first-order valence-electron chi connectivity index (χ1n) is 12.3. The fraction of sp³-hybridized carbons (Fsp3) is 0.321. The molecule has 8 heteroatoms. The Morgan fingerprint density at radius 3 is 2.36 bits per heavy atom. The van der Waals surface area contributed by atoms with Gasteiger partial charge in [-0.15, -0.1) is 0 Å². The predicted molar refractivity (Wildman–Crippen MR) is 143 cm³/mol. The summed E-state index contributed by atoms with van der Waals surface area (Å²) < 4.78 is 19.8. The maximum atomic E-state index is 14.7. The molecule has 0 unspecified atom stereocenters. The van der Waals surface area contributed by atoms with Crippen LogP contribution in [0.1, 0.15) is 41.8 Å². The number of carbonyl (C=O) groups is 1. The fourth-order valence-electron chi connectivity index (χ4n) is 4.14. The molecule has 1 N–H and O–H groups in total. The predicted octanol–water partition coefficient (Wildman–Crippen LogP) is 5.27. The minimum Gasteiger partial charge on any atom is -0.494 e. The number of hydrogen-bond donors (Lipinski definition) is 1. The van der Waals surface area contributed by atoms with Gasteiger partial charge in [0.2, 0.25) is 5.95 Å². The molecular formula is C28H32FN5O2. The molecule has 0 saturated carbocycles. The molecule has 1 saturated heterocycles. The van der Waals surface area contributed by atoms with Crippen molar-refractivity contribution in [1.29, 1.82) is 0 Å². The van der Waals surface area contributed by atoms with E-state index in [-0.39, 0.29) is 17.1 Å². The number of ketones is 1. The van der Waals surface area contributed by atoms with Gasteiger partial charge in [0.05, 0.1) is 7.11 Å². The highest BCUT2D eigenvalue weighted by atomic mass is 19.1. The highest BCUT2D eigenvalue weighted by Crippen LogP contribution is 2.26. The van der Waals surface area contributed by atoms with Crippen molar-refractivity contribution in [1.82, 2.24) is 14.9 Å². The number of nitrogens with zero attached hydrogens (tertiary/aromatic N) is 4. The van der Waals surface area contributed by atoms with Gasteiger partial charge in [-0.2, -0.15) is 0 Å². The highest BCUT2D eigenvalue weighted by molar-refractivity contribution is 5.97. The van der Waals surface area contributed by atoms with E-state index in [1.54, 1.807) is 31.5 Å². The number of carbonyl (C=O) groups excluding carboxylic acids is 1. The summed E-state index contributed by atoms with van der Waals surface area (Å²) in [7, 11) is 1.38. The van der Waals surface area contributed by atoms with Crippen molar-refractivity contribution in [3.05, 3.63) is 71.3 Å². The Morgan fingerprint density at radius 1 is 1.06 bits per heavy atom. The number of rotatable bonds is 9. The van der Waals surface area contributed by atoms with E-state index in [4.69, 9.17) is 4.74 Å². The van der Waals surface area contributed by atoms with Crippen LogP contribution in [-0.4, -0.2) is 60.5 Å². The molecule has 1 fully saturated rings. The smallest absolute Gasteiger partial charge is 0.227 e. The monoisotopic (exact) mass is 489 g/mol. The second kappa shape index (κ2) is 11.8. The lowest BCUT2D eigenvalue weighted by molar-refractivity contribution is 0.0987. The van der Waals surface area contributed by atoms with Gasteiger partial charge in [0.15, 0.2) is 17.3 Å². The summed E-state index contributed by atoms with van der Waals surface area (Å²) in [5.41, 5.74) is 3.50. The maximum absolute atomic E-state index is 14.7. The van der Waals surface area contributed by atoms with E-state index in [1.807, 2.05) is 12.1 Å². The molecule has 4 rings (SSSR count). The van der Waals surface area contributed by atoms with Crippen LogP contribution in [-0.2, 0) is 0 Å². The zero-order chi connectivity index (χ0) is 25.5. The Bertz CT molecular complexity index is 1200. The molecule has 188 valence electrons. The van der Waals surface area contributed by atoms with E-state index in [1.165, 1.54) is 24.9 Å². The van der Waals surface area contributed by atoms with Crippen molar-refractivity contribution in [2.45, 2.75) is 20.3 Å². The summed E-state index contributed by atoms with van der Waals surface area (Å²) in [6.45, 7) is 9.33. The zero-order valence-corrected chi connectivity index (χ0v) is 21.0. The Labute approximate surface area is 211 Å². The molecular weight excluding hydrogens is 457 g/mol. The van der Waals surface area contributed by atoms with Gasteiger partial charge < -0.3 is 19.9 Å². The molecule has 2 heterocycles. The third-order valence-corrected chi connectivity index (χ3v) is 6.37. The Balaban J connectivity index is 1.40. The van der Waals surface area contributed by atoms with Crippen LogP contribution in [0.3, 0.4) is 0 Å².